The Kier molecular flexibility index (Phi) is 5.77. The van der Waals surface area contributed by atoms with Crippen LogP contribution >= 0.6 is 0 Å². The Bertz CT molecular complexity index is 167. The molecular formula is C7H16N4O. The van der Waals surface area contributed by atoms with E-state index >= 15 is 0 Å². The van der Waals surface area contributed by atoms with Crippen molar-refractivity contribution in [1.29, 1.82) is 0 Å². The van der Waals surface area contributed by atoms with Crippen LogP contribution in [0.3, 0.4) is 0 Å². The van der Waals surface area contributed by atoms with Crippen molar-refractivity contribution in [2.75, 3.05) is 13.1 Å². The van der Waals surface area contributed by atoms with Gasteiger partial charge in [-0.05, 0) is 13.3 Å². The Labute approximate surface area is 72.2 Å². The van der Waals surface area contributed by atoms with Gasteiger partial charge in [-0.3, -0.25) is 9.79 Å². The van der Waals surface area contributed by atoms with E-state index in [1.807, 2.05) is 6.92 Å². The molecular weight excluding hydrogens is 156 g/mol. The van der Waals surface area contributed by atoms with Crippen LogP contribution in [0.4, 0.5) is 0 Å². The minimum Gasteiger partial charge on any atom is -0.370 e. The largest absolute Gasteiger partial charge is 0.370 e. The third-order valence-electron chi connectivity index (χ3n) is 1.22. The summed E-state index contributed by atoms with van der Waals surface area (Å²) < 4.78 is 0. The number of guanidine groups is 1. The number of nitrogens with two attached hydrogens (primary N) is 2. The summed E-state index contributed by atoms with van der Waals surface area (Å²) in [7, 11) is 0. The molecule has 0 saturated heterocycles. The van der Waals surface area contributed by atoms with Crippen molar-refractivity contribution in [3.05, 3.63) is 0 Å². The Morgan fingerprint density at radius 3 is 2.67 bits per heavy atom. The molecule has 0 atom stereocenters. The molecule has 0 aliphatic carbocycles. The molecule has 0 aromatic carbocycles. The van der Waals surface area contributed by atoms with Gasteiger partial charge in [-0.25, -0.2) is 0 Å². The van der Waals surface area contributed by atoms with Gasteiger partial charge in [0.25, 0.3) is 0 Å². The second kappa shape index (κ2) is 6.45. The van der Waals surface area contributed by atoms with Gasteiger partial charge in [-0.1, -0.05) is 0 Å². The number of nitrogens with zero attached hydrogens (tertiary/aromatic N) is 1. The molecule has 0 unspecified atom stereocenters. The van der Waals surface area contributed by atoms with Crippen molar-refractivity contribution in [2.24, 2.45) is 16.5 Å². The van der Waals surface area contributed by atoms with Gasteiger partial charge < -0.3 is 16.8 Å². The summed E-state index contributed by atoms with van der Waals surface area (Å²) in [6.07, 6.45) is 1.02. The van der Waals surface area contributed by atoms with E-state index in [-0.39, 0.29) is 5.91 Å². The molecule has 5 N–H and O–H groups in total. The third kappa shape index (κ3) is 6.85. The highest BCUT2D eigenvalue weighted by Gasteiger charge is 1.92. The maximum Gasteiger partial charge on any atom is 0.217 e. The molecule has 0 radical (unpaired) electrons. The van der Waals surface area contributed by atoms with Gasteiger partial charge in [0.05, 0.1) is 0 Å². The molecule has 0 bridgehead atoms. The zero-order valence-corrected chi connectivity index (χ0v) is 7.34. The van der Waals surface area contributed by atoms with E-state index in [4.69, 9.17) is 11.5 Å². The van der Waals surface area contributed by atoms with Crippen molar-refractivity contribution in [1.82, 2.24) is 5.32 Å². The summed E-state index contributed by atoms with van der Waals surface area (Å²) in [4.78, 5) is 14.3. The summed E-state index contributed by atoms with van der Waals surface area (Å²) in [6, 6.07) is 0. The Morgan fingerprint density at radius 1 is 1.50 bits per heavy atom. The predicted octanol–water partition coefficient (Wildman–Crippen LogP) is -0.824. The van der Waals surface area contributed by atoms with E-state index in [9.17, 15) is 4.79 Å². The van der Waals surface area contributed by atoms with Crippen molar-refractivity contribution < 1.29 is 4.79 Å². The van der Waals surface area contributed by atoms with Crippen LogP contribution in [0.15, 0.2) is 4.99 Å². The number of carbonyl (C=O) groups excluding carboxylic acids is 1. The summed E-state index contributed by atoms with van der Waals surface area (Å²) in [5.74, 6) is 0.120. The van der Waals surface area contributed by atoms with Crippen molar-refractivity contribution in [2.45, 2.75) is 19.8 Å². The van der Waals surface area contributed by atoms with Crippen LogP contribution in [-0.2, 0) is 4.79 Å². The Morgan fingerprint density at radius 2 is 2.17 bits per heavy atom. The second-order valence-electron chi connectivity index (χ2n) is 2.37. The number of hydrogen-bond donors (Lipinski definition) is 3. The number of rotatable bonds is 5. The molecule has 70 valence electrons. The molecule has 0 aliphatic heterocycles. The molecule has 5 heteroatoms. The summed E-state index contributed by atoms with van der Waals surface area (Å²) in [5.41, 5.74) is 10.4. The summed E-state index contributed by atoms with van der Waals surface area (Å²) in [6.45, 7) is 3.23. The molecule has 0 rings (SSSR count). The maximum absolute atomic E-state index is 10.3. The van der Waals surface area contributed by atoms with Crippen LogP contribution in [0, 0.1) is 0 Å². The molecule has 0 spiro atoms. The number of carbonyl (C=O) groups is 1. The topological polar surface area (TPSA) is 93.5 Å². The first-order chi connectivity index (χ1) is 5.66. The fourth-order valence-electron chi connectivity index (χ4n) is 0.690. The molecule has 5 nitrogen and oxygen atoms in total. The average molecular weight is 172 g/mol. The summed E-state index contributed by atoms with van der Waals surface area (Å²) in [5, 5.41) is 2.85. The van der Waals surface area contributed by atoms with Crippen LogP contribution in [0.5, 0.6) is 0 Å². The first kappa shape index (κ1) is 10.7. The van der Waals surface area contributed by atoms with Gasteiger partial charge in [0.15, 0.2) is 5.96 Å². The molecule has 1 amide bonds. The minimum atomic E-state index is -0.299. The third-order valence-corrected chi connectivity index (χ3v) is 1.22. The van der Waals surface area contributed by atoms with Gasteiger partial charge >= 0.3 is 0 Å². The lowest BCUT2D eigenvalue weighted by Crippen LogP contribution is -2.31. The highest BCUT2D eigenvalue weighted by atomic mass is 16.1. The van der Waals surface area contributed by atoms with Gasteiger partial charge in [0, 0.05) is 19.5 Å². The van der Waals surface area contributed by atoms with E-state index in [1.54, 1.807) is 0 Å². The number of primary amides is 1. The van der Waals surface area contributed by atoms with Crippen molar-refractivity contribution >= 4 is 11.9 Å². The van der Waals surface area contributed by atoms with E-state index in [1.165, 1.54) is 0 Å². The zero-order valence-electron chi connectivity index (χ0n) is 7.34. The standard InChI is InChI=1S/C7H16N4O/c1-2-10-7(9)11-5-3-4-6(8)12/h2-5H2,1H3,(H2,8,12)(H3,9,10,11). The SMILES string of the molecule is CCNC(N)=NCCCC(N)=O. The predicted molar refractivity (Wildman–Crippen MR) is 48.6 cm³/mol. The summed E-state index contributed by atoms with van der Waals surface area (Å²) >= 11 is 0. The normalized spacial score (nSPS) is 11.2. The molecule has 0 aromatic heterocycles. The molecule has 0 aromatic rings. The molecule has 0 saturated carbocycles. The van der Waals surface area contributed by atoms with Gasteiger partial charge in [0.2, 0.25) is 5.91 Å². The second-order valence-corrected chi connectivity index (χ2v) is 2.37. The smallest absolute Gasteiger partial charge is 0.217 e. The molecule has 0 heterocycles. The Hall–Kier alpha value is -1.26. The minimum absolute atomic E-state index is 0.299. The molecule has 0 aliphatic rings. The number of amides is 1. The van der Waals surface area contributed by atoms with Crippen LogP contribution in [0.25, 0.3) is 0 Å². The van der Waals surface area contributed by atoms with E-state index in [2.05, 4.69) is 10.3 Å². The molecule has 12 heavy (non-hydrogen) atoms. The highest BCUT2D eigenvalue weighted by Crippen LogP contribution is 1.86. The monoisotopic (exact) mass is 172 g/mol. The number of aliphatic imine (C=N–C) groups is 1. The van der Waals surface area contributed by atoms with Crippen LogP contribution < -0.4 is 16.8 Å². The van der Waals surface area contributed by atoms with Crippen LogP contribution in [0.2, 0.25) is 0 Å². The van der Waals surface area contributed by atoms with Crippen molar-refractivity contribution in [3.8, 4) is 0 Å². The lowest BCUT2D eigenvalue weighted by atomic mass is 10.3. The van der Waals surface area contributed by atoms with E-state index in [0.29, 0.717) is 25.3 Å². The molecule has 0 fully saturated rings. The lowest BCUT2D eigenvalue weighted by molar-refractivity contribution is -0.118. The van der Waals surface area contributed by atoms with E-state index < -0.39 is 0 Å². The maximum atomic E-state index is 10.3. The Balaban J connectivity index is 3.39. The average Bonchev–Trinajstić information content (AvgIpc) is 1.98. The van der Waals surface area contributed by atoms with Crippen LogP contribution in [0.1, 0.15) is 19.8 Å². The number of nitrogens with one attached hydrogen (secondary N) is 1. The highest BCUT2D eigenvalue weighted by molar-refractivity contribution is 5.77. The number of hydrogen-bond acceptors (Lipinski definition) is 2. The lowest BCUT2D eigenvalue weighted by Gasteiger charge is -2.00. The fraction of sp³-hybridized carbons (Fsp3) is 0.714. The van der Waals surface area contributed by atoms with Gasteiger partial charge in [0.1, 0.15) is 0 Å². The van der Waals surface area contributed by atoms with E-state index in [0.717, 1.165) is 6.54 Å². The first-order valence-electron chi connectivity index (χ1n) is 3.99. The fourth-order valence-corrected chi connectivity index (χ4v) is 0.690. The van der Waals surface area contributed by atoms with Crippen LogP contribution in [-0.4, -0.2) is 25.0 Å². The van der Waals surface area contributed by atoms with Gasteiger partial charge in [-0.15, -0.1) is 0 Å². The first-order valence-corrected chi connectivity index (χ1v) is 3.99. The quantitative estimate of drug-likeness (QED) is 0.287. The van der Waals surface area contributed by atoms with Crippen molar-refractivity contribution in [3.63, 3.8) is 0 Å². The zero-order chi connectivity index (χ0) is 9.40. The van der Waals surface area contributed by atoms with Gasteiger partial charge in [-0.2, -0.15) is 0 Å².